The topological polar surface area (TPSA) is 109 Å². The molecule has 0 spiro atoms. The Kier molecular flexibility index (Phi) is 4.14. The Morgan fingerprint density at radius 1 is 1.50 bits per heavy atom. The second-order valence-corrected chi connectivity index (χ2v) is 6.63. The Morgan fingerprint density at radius 3 is 2.80 bits per heavy atom. The lowest BCUT2D eigenvalue weighted by Crippen LogP contribution is -2.44. The van der Waals surface area contributed by atoms with Crippen molar-refractivity contribution in [3.8, 4) is 0 Å². The molecule has 3 N–H and O–H groups in total. The molecule has 1 aromatic rings. The minimum absolute atomic E-state index is 0.0923. The standard InChI is InChI=1S/C12H20N4O3S/c1-3-9-6-4-5-7-16(9)12(17)10-11(20(13,18)19)8(2)14-15-10/h9H,3-7H2,1-2H3,(H,14,15)(H2,13,18,19). The van der Waals surface area contributed by atoms with E-state index in [1.54, 1.807) is 4.90 Å². The summed E-state index contributed by atoms with van der Waals surface area (Å²) in [6.45, 7) is 4.19. The fourth-order valence-corrected chi connectivity index (χ4v) is 3.62. The van der Waals surface area contributed by atoms with Crippen LogP contribution in [0.2, 0.25) is 0 Å². The van der Waals surface area contributed by atoms with Crippen LogP contribution in [0, 0.1) is 6.92 Å². The van der Waals surface area contributed by atoms with Crippen LogP contribution >= 0.6 is 0 Å². The smallest absolute Gasteiger partial charge is 0.276 e. The van der Waals surface area contributed by atoms with Crippen molar-refractivity contribution in [1.82, 2.24) is 15.1 Å². The first-order valence-electron chi connectivity index (χ1n) is 6.75. The minimum Gasteiger partial charge on any atom is -0.334 e. The molecule has 1 fully saturated rings. The molecular formula is C12H20N4O3S. The Morgan fingerprint density at radius 2 is 2.20 bits per heavy atom. The van der Waals surface area contributed by atoms with Crippen molar-refractivity contribution >= 4 is 15.9 Å². The molecule has 112 valence electrons. The predicted octanol–water partition coefficient (Wildman–Crippen LogP) is 0.770. The second-order valence-electron chi connectivity index (χ2n) is 5.13. The van der Waals surface area contributed by atoms with Crippen molar-refractivity contribution in [3.05, 3.63) is 11.4 Å². The Balaban J connectivity index is 2.39. The number of hydrogen-bond donors (Lipinski definition) is 2. The van der Waals surface area contributed by atoms with Gasteiger partial charge in [-0.3, -0.25) is 9.89 Å². The lowest BCUT2D eigenvalue weighted by Gasteiger charge is -2.34. The summed E-state index contributed by atoms with van der Waals surface area (Å²) in [6.07, 6.45) is 3.80. The van der Waals surface area contributed by atoms with E-state index in [-0.39, 0.29) is 22.5 Å². The van der Waals surface area contributed by atoms with Gasteiger partial charge >= 0.3 is 0 Å². The predicted molar refractivity (Wildman–Crippen MR) is 73.7 cm³/mol. The molecule has 0 saturated carbocycles. The summed E-state index contributed by atoms with van der Waals surface area (Å²) >= 11 is 0. The fourth-order valence-electron chi connectivity index (χ4n) is 2.74. The molecule has 1 aliphatic rings. The first kappa shape index (κ1) is 15.0. The molecule has 2 rings (SSSR count). The van der Waals surface area contributed by atoms with E-state index in [0.29, 0.717) is 12.2 Å². The molecule has 1 atom stereocenters. The summed E-state index contributed by atoms with van der Waals surface area (Å²) in [6, 6.07) is 0.140. The number of rotatable bonds is 3. The van der Waals surface area contributed by atoms with Gasteiger partial charge in [0, 0.05) is 12.6 Å². The number of aromatic nitrogens is 2. The van der Waals surface area contributed by atoms with Crippen LogP contribution < -0.4 is 5.14 Å². The monoisotopic (exact) mass is 300 g/mol. The number of carbonyl (C=O) groups is 1. The van der Waals surface area contributed by atoms with Crippen molar-refractivity contribution in [2.75, 3.05) is 6.54 Å². The molecule has 0 radical (unpaired) electrons. The first-order valence-corrected chi connectivity index (χ1v) is 8.29. The number of amides is 1. The number of piperidine rings is 1. The summed E-state index contributed by atoms with van der Waals surface area (Å²) < 4.78 is 23.2. The Labute approximate surface area is 118 Å². The van der Waals surface area contributed by atoms with E-state index in [0.717, 1.165) is 25.7 Å². The number of hydrogen-bond acceptors (Lipinski definition) is 4. The molecule has 0 aromatic carbocycles. The molecule has 1 saturated heterocycles. The molecule has 1 aliphatic heterocycles. The van der Waals surface area contributed by atoms with Crippen molar-refractivity contribution in [3.63, 3.8) is 0 Å². The average molecular weight is 300 g/mol. The number of likely N-dealkylation sites (tertiary alicyclic amines) is 1. The largest absolute Gasteiger partial charge is 0.334 e. The molecule has 1 unspecified atom stereocenters. The lowest BCUT2D eigenvalue weighted by molar-refractivity contribution is 0.0598. The van der Waals surface area contributed by atoms with Gasteiger partial charge in [0.2, 0.25) is 10.0 Å². The van der Waals surface area contributed by atoms with Crippen LogP contribution in [0.3, 0.4) is 0 Å². The Bertz CT molecular complexity index is 608. The molecule has 8 heteroatoms. The third-order valence-electron chi connectivity index (χ3n) is 3.74. The number of nitrogens with two attached hydrogens (primary N) is 1. The van der Waals surface area contributed by atoms with Crippen LogP contribution in [0.5, 0.6) is 0 Å². The maximum atomic E-state index is 12.6. The van der Waals surface area contributed by atoms with Crippen LogP contribution in [0.1, 0.15) is 48.8 Å². The van der Waals surface area contributed by atoms with Gasteiger partial charge in [0.25, 0.3) is 5.91 Å². The van der Waals surface area contributed by atoms with E-state index in [1.165, 1.54) is 6.92 Å². The van der Waals surface area contributed by atoms with E-state index in [1.807, 2.05) is 6.92 Å². The second kappa shape index (κ2) is 5.53. The van der Waals surface area contributed by atoms with E-state index < -0.39 is 10.0 Å². The molecule has 20 heavy (non-hydrogen) atoms. The van der Waals surface area contributed by atoms with Gasteiger partial charge in [0.05, 0.1) is 5.69 Å². The van der Waals surface area contributed by atoms with Crippen LogP contribution in [-0.4, -0.2) is 42.0 Å². The number of nitrogens with one attached hydrogen (secondary N) is 1. The SMILES string of the molecule is CCC1CCCCN1C(=O)c1n[nH]c(C)c1S(N)(=O)=O. The molecule has 1 aromatic heterocycles. The van der Waals surface area contributed by atoms with Crippen LogP contribution in [0.15, 0.2) is 4.90 Å². The average Bonchev–Trinajstić information content (AvgIpc) is 2.79. The molecule has 2 heterocycles. The number of aromatic amines is 1. The van der Waals surface area contributed by atoms with Crippen molar-refractivity contribution < 1.29 is 13.2 Å². The first-order chi connectivity index (χ1) is 9.36. The maximum Gasteiger partial charge on any atom is 0.276 e. The fraction of sp³-hybridized carbons (Fsp3) is 0.667. The number of carbonyl (C=O) groups excluding carboxylic acids is 1. The molecule has 7 nitrogen and oxygen atoms in total. The highest BCUT2D eigenvalue weighted by molar-refractivity contribution is 7.89. The maximum absolute atomic E-state index is 12.6. The third kappa shape index (κ3) is 2.71. The van der Waals surface area contributed by atoms with Gasteiger partial charge < -0.3 is 4.90 Å². The van der Waals surface area contributed by atoms with Gasteiger partial charge in [-0.05, 0) is 32.6 Å². The van der Waals surface area contributed by atoms with Gasteiger partial charge in [-0.1, -0.05) is 6.92 Å². The van der Waals surface area contributed by atoms with Crippen LogP contribution in [0.4, 0.5) is 0 Å². The van der Waals surface area contributed by atoms with E-state index in [4.69, 9.17) is 5.14 Å². The van der Waals surface area contributed by atoms with Gasteiger partial charge in [0.15, 0.2) is 5.69 Å². The normalized spacial score (nSPS) is 20.1. The van der Waals surface area contributed by atoms with Gasteiger partial charge in [0.1, 0.15) is 4.90 Å². The van der Waals surface area contributed by atoms with E-state index >= 15 is 0 Å². The number of nitrogens with zero attached hydrogens (tertiary/aromatic N) is 2. The van der Waals surface area contributed by atoms with Crippen LogP contribution in [0.25, 0.3) is 0 Å². The number of primary sulfonamides is 1. The van der Waals surface area contributed by atoms with E-state index in [2.05, 4.69) is 10.2 Å². The Hall–Kier alpha value is -1.41. The zero-order valence-corrected chi connectivity index (χ0v) is 12.5. The van der Waals surface area contributed by atoms with Crippen molar-refractivity contribution in [1.29, 1.82) is 0 Å². The van der Waals surface area contributed by atoms with Gasteiger partial charge in [-0.15, -0.1) is 0 Å². The highest BCUT2D eigenvalue weighted by Crippen LogP contribution is 2.24. The molecule has 1 amide bonds. The molecular weight excluding hydrogens is 280 g/mol. The summed E-state index contributed by atoms with van der Waals surface area (Å²) in [5.41, 5.74) is 0.200. The van der Waals surface area contributed by atoms with Gasteiger partial charge in [-0.25, -0.2) is 13.6 Å². The minimum atomic E-state index is -3.97. The number of aryl methyl sites for hydroxylation is 1. The summed E-state index contributed by atoms with van der Waals surface area (Å²) in [5.74, 6) is -0.357. The number of sulfonamides is 1. The van der Waals surface area contributed by atoms with E-state index in [9.17, 15) is 13.2 Å². The zero-order valence-electron chi connectivity index (χ0n) is 11.7. The van der Waals surface area contributed by atoms with Crippen molar-refractivity contribution in [2.45, 2.75) is 50.5 Å². The van der Waals surface area contributed by atoms with Crippen molar-refractivity contribution in [2.24, 2.45) is 5.14 Å². The van der Waals surface area contributed by atoms with Gasteiger partial charge in [-0.2, -0.15) is 5.10 Å². The lowest BCUT2D eigenvalue weighted by atomic mass is 9.99. The summed E-state index contributed by atoms with van der Waals surface area (Å²) in [4.78, 5) is 14.1. The zero-order chi connectivity index (χ0) is 14.9. The highest BCUT2D eigenvalue weighted by Gasteiger charge is 2.32. The summed E-state index contributed by atoms with van der Waals surface area (Å²) in [7, 11) is -3.97. The quantitative estimate of drug-likeness (QED) is 0.859. The molecule has 0 aliphatic carbocycles. The molecule has 0 bridgehead atoms. The van der Waals surface area contributed by atoms with Crippen LogP contribution in [-0.2, 0) is 10.0 Å². The third-order valence-corrected chi connectivity index (χ3v) is 4.81. The highest BCUT2D eigenvalue weighted by atomic mass is 32.2. The number of H-pyrrole nitrogens is 1. The summed E-state index contributed by atoms with van der Waals surface area (Å²) in [5, 5.41) is 11.6.